The highest BCUT2D eigenvalue weighted by molar-refractivity contribution is 7.80. The Morgan fingerprint density at radius 3 is 2.50 bits per heavy atom. The minimum atomic E-state index is 0.0395. The Morgan fingerprint density at radius 1 is 1.33 bits per heavy atom. The van der Waals surface area contributed by atoms with E-state index >= 15 is 0 Å². The average Bonchev–Trinajstić information content (AvgIpc) is 2.29. The molecule has 1 saturated carbocycles. The predicted molar refractivity (Wildman–Crippen MR) is 73.8 cm³/mol. The molecule has 1 aromatic carbocycles. The van der Waals surface area contributed by atoms with Crippen LogP contribution in [0.5, 0.6) is 0 Å². The van der Waals surface area contributed by atoms with Crippen LogP contribution in [0.4, 0.5) is 0 Å². The van der Waals surface area contributed by atoms with E-state index in [2.05, 4.69) is 12.6 Å². The van der Waals surface area contributed by atoms with E-state index in [1.54, 1.807) is 0 Å². The van der Waals surface area contributed by atoms with Crippen LogP contribution in [-0.2, 0) is 11.2 Å². The lowest BCUT2D eigenvalue weighted by atomic mass is 9.91. The van der Waals surface area contributed by atoms with Crippen molar-refractivity contribution in [2.75, 3.05) is 13.2 Å². The molecule has 0 radical (unpaired) electrons. The summed E-state index contributed by atoms with van der Waals surface area (Å²) in [5, 5.41) is 9.05. The van der Waals surface area contributed by atoms with Gasteiger partial charge in [0.2, 0.25) is 5.91 Å². The van der Waals surface area contributed by atoms with Gasteiger partial charge in [-0.2, -0.15) is 0 Å². The van der Waals surface area contributed by atoms with Crippen molar-refractivity contribution in [3.05, 3.63) is 29.8 Å². The number of nitrogens with zero attached hydrogens (tertiary/aromatic N) is 1. The Morgan fingerprint density at radius 2 is 2.00 bits per heavy atom. The molecule has 1 aliphatic carbocycles. The normalized spacial score (nSPS) is 15.2. The Kier molecular flexibility index (Phi) is 4.66. The lowest BCUT2D eigenvalue weighted by molar-refractivity contribution is -0.135. The third-order valence-electron chi connectivity index (χ3n) is 3.47. The van der Waals surface area contributed by atoms with Crippen LogP contribution >= 0.6 is 12.6 Å². The van der Waals surface area contributed by atoms with Crippen molar-refractivity contribution in [2.45, 2.75) is 36.6 Å². The van der Waals surface area contributed by atoms with Gasteiger partial charge in [-0.1, -0.05) is 12.1 Å². The molecule has 3 nitrogen and oxygen atoms in total. The van der Waals surface area contributed by atoms with Crippen molar-refractivity contribution >= 4 is 18.5 Å². The van der Waals surface area contributed by atoms with E-state index in [1.165, 1.54) is 6.42 Å². The van der Waals surface area contributed by atoms with Crippen molar-refractivity contribution in [1.29, 1.82) is 0 Å². The summed E-state index contributed by atoms with van der Waals surface area (Å²) in [4.78, 5) is 14.9. The zero-order chi connectivity index (χ0) is 13.0. The van der Waals surface area contributed by atoms with Gasteiger partial charge < -0.3 is 10.0 Å². The van der Waals surface area contributed by atoms with Crippen LogP contribution in [0.3, 0.4) is 0 Å². The topological polar surface area (TPSA) is 40.5 Å². The summed E-state index contributed by atoms with van der Waals surface area (Å²) in [6.07, 6.45) is 3.74. The van der Waals surface area contributed by atoms with Crippen molar-refractivity contribution < 1.29 is 9.90 Å². The highest BCUT2D eigenvalue weighted by atomic mass is 32.1. The summed E-state index contributed by atoms with van der Waals surface area (Å²) in [5.74, 6) is 0.112. The van der Waals surface area contributed by atoms with Gasteiger partial charge in [-0.3, -0.25) is 4.79 Å². The molecule has 98 valence electrons. The molecule has 0 saturated heterocycles. The van der Waals surface area contributed by atoms with E-state index in [9.17, 15) is 4.79 Å². The van der Waals surface area contributed by atoms with Crippen LogP contribution in [0.15, 0.2) is 29.2 Å². The van der Waals surface area contributed by atoms with Gasteiger partial charge in [0, 0.05) is 17.5 Å². The first-order chi connectivity index (χ1) is 8.70. The molecule has 0 heterocycles. The Hall–Kier alpha value is -1.00. The Balaban J connectivity index is 1.97. The lowest BCUT2D eigenvalue weighted by Gasteiger charge is -2.37. The van der Waals surface area contributed by atoms with Crippen LogP contribution in [0.25, 0.3) is 0 Å². The highest BCUT2D eigenvalue weighted by Crippen LogP contribution is 2.25. The van der Waals surface area contributed by atoms with Gasteiger partial charge in [0.25, 0.3) is 0 Å². The number of carbonyl (C=O) groups is 1. The van der Waals surface area contributed by atoms with Gasteiger partial charge in [0.1, 0.15) is 0 Å². The Labute approximate surface area is 113 Å². The van der Waals surface area contributed by atoms with Gasteiger partial charge in [-0.05, 0) is 37.0 Å². The summed E-state index contributed by atoms with van der Waals surface area (Å²) in [6.45, 7) is 0.492. The number of aliphatic hydroxyl groups excluding tert-OH is 1. The second-order valence-electron chi connectivity index (χ2n) is 4.74. The molecule has 0 aromatic heterocycles. The number of hydrogen-bond acceptors (Lipinski definition) is 3. The van der Waals surface area contributed by atoms with E-state index < -0.39 is 0 Å². The van der Waals surface area contributed by atoms with Crippen molar-refractivity contribution in [3.63, 3.8) is 0 Å². The van der Waals surface area contributed by atoms with Crippen LogP contribution < -0.4 is 0 Å². The maximum absolute atomic E-state index is 12.2. The van der Waals surface area contributed by atoms with Crippen LogP contribution in [0.1, 0.15) is 24.8 Å². The molecule has 18 heavy (non-hydrogen) atoms. The minimum Gasteiger partial charge on any atom is -0.395 e. The molecule has 0 unspecified atom stereocenters. The average molecular weight is 265 g/mol. The Bertz CT molecular complexity index is 401. The van der Waals surface area contributed by atoms with Crippen molar-refractivity contribution in [2.24, 2.45) is 0 Å². The number of carbonyl (C=O) groups excluding carboxylic acids is 1. The van der Waals surface area contributed by atoms with Crippen LogP contribution in [0.2, 0.25) is 0 Å². The van der Waals surface area contributed by atoms with E-state index in [4.69, 9.17) is 5.11 Å². The van der Waals surface area contributed by atoms with E-state index in [-0.39, 0.29) is 12.5 Å². The first kappa shape index (κ1) is 13.4. The van der Waals surface area contributed by atoms with Gasteiger partial charge in [-0.25, -0.2) is 0 Å². The molecule has 1 aromatic rings. The maximum atomic E-state index is 12.2. The SMILES string of the molecule is O=C(Cc1ccc(S)cc1)N(CCO)C1CCC1. The summed E-state index contributed by atoms with van der Waals surface area (Å²) >= 11 is 4.22. The molecule has 4 heteroatoms. The number of aliphatic hydroxyl groups is 1. The predicted octanol–water partition coefficient (Wildman–Crippen LogP) is 1.89. The first-order valence-electron chi connectivity index (χ1n) is 6.39. The van der Waals surface area contributed by atoms with Gasteiger partial charge in [-0.15, -0.1) is 12.6 Å². The zero-order valence-corrected chi connectivity index (χ0v) is 11.3. The largest absolute Gasteiger partial charge is 0.395 e. The monoisotopic (exact) mass is 265 g/mol. The fraction of sp³-hybridized carbons (Fsp3) is 0.500. The highest BCUT2D eigenvalue weighted by Gasteiger charge is 2.27. The molecule has 1 fully saturated rings. The fourth-order valence-corrected chi connectivity index (χ4v) is 2.36. The third-order valence-corrected chi connectivity index (χ3v) is 3.77. The molecule has 1 N–H and O–H groups in total. The van der Waals surface area contributed by atoms with E-state index in [0.717, 1.165) is 23.3 Å². The molecule has 0 bridgehead atoms. The summed E-state index contributed by atoms with van der Waals surface area (Å²) in [5.41, 5.74) is 1.00. The van der Waals surface area contributed by atoms with Crippen LogP contribution in [0, 0.1) is 0 Å². The molecule has 1 aliphatic rings. The van der Waals surface area contributed by atoms with Gasteiger partial charge in [0.05, 0.1) is 13.0 Å². The lowest BCUT2D eigenvalue weighted by Crippen LogP contribution is -2.46. The fourth-order valence-electron chi connectivity index (χ4n) is 2.21. The van der Waals surface area contributed by atoms with Crippen LogP contribution in [-0.4, -0.2) is 35.1 Å². The van der Waals surface area contributed by atoms with E-state index in [1.807, 2.05) is 29.2 Å². The maximum Gasteiger partial charge on any atom is 0.227 e. The molecular formula is C14H19NO2S. The summed E-state index contributed by atoms with van der Waals surface area (Å²) in [6, 6.07) is 7.99. The van der Waals surface area contributed by atoms with Crippen molar-refractivity contribution in [1.82, 2.24) is 4.90 Å². The van der Waals surface area contributed by atoms with Gasteiger partial charge in [0.15, 0.2) is 0 Å². The third kappa shape index (κ3) is 3.27. The zero-order valence-electron chi connectivity index (χ0n) is 10.4. The first-order valence-corrected chi connectivity index (χ1v) is 6.83. The second-order valence-corrected chi connectivity index (χ2v) is 5.26. The molecule has 0 aliphatic heterocycles. The van der Waals surface area contributed by atoms with Gasteiger partial charge >= 0.3 is 0 Å². The van der Waals surface area contributed by atoms with Crippen molar-refractivity contribution in [3.8, 4) is 0 Å². The number of thiol groups is 1. The molecule has 1 amide bonds. The standard InChI is InChI=1S/C14H19NO2S/c16-9-8-15(12-2-1-3-12)14(17)10-11-4-6-13(18)7-5-11/h4-7,12,16,18H,1-3,8-10H2. The smallest absolute Gasteiger partial charge is 0.227 e. The second kappa shape index (κ2) is 6.25. The summed E-state index contributed by atoms with van der Waals surface area (Å²) < 4.78 is 0. The number of amides is 1. The molecule has 0 spiro atoms. The molecule has 2 rings (SSSR count). The summed E-state index contributed by atoms with van der Waals surface area (Å²) in [7, 11) is 0. The van der Waals surface area contributed by atoms with E-state index in [0.29, 0.717) is 19.0 Å². The quantitative estimate of drug-likeness (QED) is 0.798. The number of rotatable bonds is 5. The number of hydrogen-bond donors (Lipinski definition) is 2. The molecule has 0 atom stereocenters. The molecular weight excluding hydrogens is 246 g/mol. The minimum absolute atomic E-state index is 0.0395. The number of benzene rings is 1.